The Morgan fingerprint density at radius 1 is 1.47 bits per heavy atom. The van der Waals surface area contributed by atoms with Gasteiger partial charge in [0.05, 0.1) is 12.1 Å². The number of aryl methyl sites for hydroxylation is 1. The summed E-state index contributed by atoms with van der Waals surface area (Å²) >= 11 is 0. The minimum absolute atomic E-state index is 0.111. The predicted molar refractivity (Wildman–Crippen MR) is 71.7 cm³/mol. The van der Waals surface area contributed by atoms with Crippen molar-refractivity contribution in [1.82, 2.24) is 5.16 Å². The van der Waals surface area contributed by atoms with Gasteiger partial charge >= 0.3 is 0 Å². The van der Waals surface area contributed by atoms with Crippen LogP contribution >= 0.6 is 0 Å². The van der Waals surface area contributed by atoms with Crippen molar-refractivity contribution in [2.24, 2.45) is 5.73 Å². The average molecular weight is 257 g/mol. The molecule has 2 N–H and O–H groups in total. The van der Waals surface area contributed by atoms with Crippen molar-refractivity contribution in [1.29, 1.82) is 0 Å². The van der Waals surface area contributed by atoms with E-state index < -0.39 is 0 Å². The van der Waals surface area contributed by atoms with E-state index in [1.807, 2.05) is 25.1 Å². The van der Waals surface area contributed by atoms with Gasteiger partial charge in [-0.3, -0.25) is 4.79 Å². The third-order valence-electron chi connectivity index (χ3n) is 3.61. The third kappa shape index (κ3) is 1.74. The quantitative estimate of drug-likeness (QED) is 0.887. The van der Waals surface area contributed by atoms with Gasteiger partial charge in [-0.05, 0) is 30.7 Å². The number of hydrogen-bond acceptors (Lipinski definition) is 4. The molecule has 5 heteroatoms. The average Bonchev–Trinajstić information content (AvgIpc) is 2.90. The molecule has 5 nitrogen and oxygen atoms in total. The summed E-state index contributed by atoms with van der Waals surface area (Å²) in [4.78, 5) is 13.4. The molecular weight excluding hydrogens is 242 g/mol. The van der Waals surface area contributed by atoms with Crippen LogP contribution in [0.1, 0.15) is 16.8 Å². The summed E-state index contributed by atoms with van der Waals surface area (Å²) in [5.74, 6) is 0.810. The van der Waals surface area contributed by atoms with Crippen LogP contribution in [0, 0.1) is 6.92 Å². The highest BCUT2D eigenvalue weighted by Crippen LogP contribution is 2.33. The van der Waals surface area contributed by atoms with Crippen LogP contribution in [0.2, 0.25) is 0 Å². The van der Waals surface area contributed by atoms with Crippen LogP contribution < -0.4 is 10.6 Å². The van der Waals surface area contributed by atoms with Crippen molar-refractivity contribution in [3.05, 3.63) is 35.0 Å². The first-order chi connectivity index (χ1) is 9.11. The van der Waals surface area contributed by atoms with Gasteiger partial charge in [0.2, 0.25) is 5.91 Å². The zero-order valence-corrected chi connectivity index (χ0v) is 10.9. The smallest absolute Gasteiger partial charge is 0.231 e. The van der Waals surface area contributed by atoms with E-state index in [2.05, 4.69) is 5.16 Å². The van der Waals surface area contributed by atoms with Gasteiger partial charge < -0.3 is 15.2 Å². The summed E-state index contributed by atoms with van der Waals surface area (Å²) in [7, 11) is 1.79. The molecule has 0 saturated heterocycles. The van der Waals surface area contributed by atoms with Gasteiger partial charge in [-0.1, -0.05) is 5.16 Å². The second-order valence-corrected chi connectivity index (χ2v) is 4.75. The molecule has 0 bridgehead atoms. The van der Waals surface area contributed by atoms with E-state index in [0.717, 1.165) is 28.1 Å². The monoisotopic (exact) mass is 257 g/mol. The fourth-order valence-electron chi connectivity index (χ4n) is 2.47. The van der Waals surface area contributed by atoms with Gasteiger partial charge in [0.25, 0.3) is 0 Å². The van der Waals surface area contributed by atoms with Crippen LogP contribution in [0.15, 0.2) is 22.7 Å². The number of fused-ring (bicyclic) bond motifs is 1. The number of nitrogens with zero attached hydrogens (tertiary/aromatic N) is 2. The number of amides is 1. The molecule has 3 rings (SSSR count). The zero-order valence-electron chi connectivity index (χ0n) is 10.9. The molecule has 0 spiro atoms. The Morgan fingerprint density at radius 2 is 2.26 bits per heavy atom. The minimum Gasteiger partial charge on any atom is -0.356 e. The van der Waals surface area contributed by atoms with Gasteiger partial charge in [-0.15, -0.1) is 0 Å². The SMILES string of the molecule is Cc1noc(-c2ccc3c(c2)CC(=O)N3C)c1CN. The molecule has 0 saturated carbocycles. The summed E-state index contributed by atoms with van der Waals surface area (Å²) in [6.45, 7) is 2.26. The molecule has 1 aromatic heterocycles. The van der Waals surface area contributed by atoms with Gasteiger partial charge in [0.1, 0.15) is 0 Å². The Morgan fingerprint density at radius 3 is 3.00 bits per heavy atom. The first kappa shape index (κ1) is 11.9. The van der Waals surface area contributed by atoms with Gasteiger partial charge in [0, 0.05) is 30.4 Å². The lowest BCUT2D eigenvalue weighted by Crippen LogP contribution is -2.20. The van der Waals surface area contributed by atoms with Gasteiger partial charge in [0.15, 0.2) is 5.76 Å². The van der Waals surface area contributed by atoms with Crippen LogP contribution in [0.4, 0.5) is 5.69 Å². The van der Waals surface area contributed by atoms with E-state index in [1.54, 1.807) is 11.9 Å². The molecule has 1 aliphatic rings. The molecule has 19 heavy (non-hydrogen) atoms. The number of aromatic nitrogens is 1. The number of hydrogen-bond donors (Lipinski definition) is 1. The third-order valence-corrected chi connectivity index (χ3v) is 3.61. The summed E-state index contributed by atoms with van der Waals surface area (Å²) in [5, 5.41) is 3.95. The summed E-state index contributed by atoms with van der Waals surface area (Å²) in [6, 6.07) is 5.86. The number of nitrogens with two attached hydrogens (primary N) is 1. The maximum Gasteiger partial charge on any atom is 0.231 e. The number of likely N-dealkylation sites (N-methyl/N-ethyl adjacent to an activating group) is 1. The molecule has 0 fully saturated rings. The van der Waals surface area contributed by atoms with Crippen LogP contribution in [0.3, 0.4) is 0 Å². The molecule has 98 valence electrons. The Labute approximate surface area is 111 Å². The van der Waals surface area contributed by atoms with Gasteiger partial charge in [-0.2, -0.15) is 0 Å². The molecule has 1 aromatic carbocycles. The normalized spacial score (nSPS) is 14.1. The maximum atomic E-state index is 11.7. The molecule has 2 heterocycles. The molecule has 0 radical (unpaired) electrons. The lowest BCUT2D eigenvalue weighted by Gasteiger charge is -2.10. The Hall–Kier alpha value is -2.14. The Balaban J connectivity index is 2.09. The maximum absolute atomic E-state index is 11.7. The summed E-state index contributed by atoms with van der Waals surface area (Å²) < 4.78 is 5.36. The number of benzene rings is 1. The number of carbonyl (C=O) groups excluding carboxylic acids is 1. The molecule has 0 unspecified atom stereocenters. The highest BCUT2D eigenvalue weighted by Gasteiger charge is 2.25. The first-order valence-electron chi connectivity index (χ1n) is 6.17. The van der Waals surface area contributed by atoms with Crippen LogP contribution in [0.5, 0.6) is 0 Å². The molecule has 2 aromatic rings. The second kappa shape index (κ2) is 4.20. The van der Waals surface area contributed by atoms with E-state index in [0.29, 0.717) is 18.7 Å². The lowest BCUT2D eigenvalue weighted by atomic mass is 10.0. The lowest BCUT2D eigenvalue weighted by molar-refractivity contribution is -0.117. The molecule has 0 aliphatic carbocycles. The Bertz CT molecular complexity index is 661. The second-order valence-electron chi connectivity index (χ2n) is 4.75. The Kier molecular flexibility index (Phi) is 2.64. The summed E-state index contributed by atoms with van der Waals surface area (Å²) in [5.41, 5.74) is 10.3. The van der Waals surface area contributed by atoms with Crippen molar-refractivity contribution in [2.45, 2.75) is 19.9 Å². The molecule has 1 aliphatic heterocycles. The predicted octanol–water partition coefficient (Wildman–Crippen LogP) is 1.63. The molecular formula is C14H15N3O2. The van der Waals surface area contributed by atoms with Crippen LogP contribution in [0.25, 0.3) is 11.3 Å². The van der Waals surface area contributed by atoms with Crippen molar-refractivity contribution in [3.8, 4) is 11.3 Å². The van der Waals surface area contributed by atoms with Crippen LogP contribution in [-0.2, 0) is 17.8 Å². The largest absolute Gasteiger partial charge is 0.356 e. The number of rotatable bonds is 2. The zero-order chi connectivity index (χ0) is 13.6. The molecule has 0 atom stereocenters. The van der Waals surface area contributed by atoms with E-state index in [-0.39, 0.29) is 5.91 Å². The number of carbonyl (C=O) groups is 1. The van der Waals surface area contributed by atoms with Crippen molar-refractivity contribution in [3.63, 3.8) is 0 Å². The fraction of sp³-hybridized carbons (Fsp3) is 0.286. The summed E-state index contributed by atoms with van der Waals surface area (Å²) in [6.07, 6.45) is 0.435. The minimum atomic E-state index is 0.111. The van der Waals surface area contributed by atoms with Crippen LogP contribution in [-0.4, -0.2) is 18.1 Å². The topological polar surface area (TPSA) is 72.4 Å². The van der Waals surface area contributed by atoms with E-state index in [9.17, 15) is 4.79 Å². The van der Waals surface area contributed by atoms with Gasteiger partial charge in [-0.25, -0.2) is 0 Å². The highest BCUT2D eigenvalue weighted by atomic mass is 16.5. The highest BCUT2D eigenvalue weighted by molar-refractivity contribution is 6.01. The van der Waals surface area contributed by atoms with Crippen molar-refractivity contribution < 1.29 is 9.32 Å². The van der Waals surface area contributed by atoms with E-state index in [1.165, 1.54) is 0 Å². The fourth-order valence-corrected chi connectivity index (χ4v) is 2.47. The standard InChI is InChI=1S/C14H15N3O2/c1-8-11(7-15)14(19-16-8)9-3-4-12-10(5-9)6-13(18)17(12)2/h3-5H,6-7,15H2,1-2H3. The first-order valence-corrected chi connectivity index (χ1v) is 6.17. The molecule has 1 amide bonds. The van der Waals surface area contributed by atoms with E-state index >= 15 is 0 Å². The van der Waals surface area contributed by atoms with Crippen molar-refractivity contribution >= 4 is 11.6 Å². The van der Waals surface area contributed by atoms with Crippen molar-refractivity contribution in [2.75, 3.05) is 11.9 Å². The van der Waals surface area contributed by atoms with E-state index in [4.69, 9.17) is 10.3 Å². The number of anilines is 1.